The molecule has 0 bridgehead atoms. The van der Waals surface area contributed by atoms with Crippen LogP contribution in [0.2, 0.25) is 0 Å². The zero-order valence-corrected chi connectivity index (χ0v) is 15.1. The van der Waals surface area contributed by atoms with Crippen LogP contribution < -0.4 is 4.74 Å². The predicted molar refractivity (Wildman–Crippen MR) is 90.8 cm³/mol. The molecule has 1 unspecified atom stereocenters. The fourth-order valence-corrected chi connectivity index (χ4v) is 3.56. The van der Waals surface area contributed by atoms with Gasteiger partial charge in [0.2, 0.25) is 5.88 Å². The Hall–Kier alpha value is -1.54. The van der Waals surface area contributed by atoms with Crippen LogP contribution in [-0.4, -0.2) is 44.6 Å². The van der Waals surface area contributed by atoms with E-state index in [2.05, 4.69) is 37.4 Å². The predicted octanol–water partition coefficient (Wildman–Crippen LogP) is 2.94. The number of amides is 1. The van der Waals surface area contributed by atoms with Gasteiger partial charge in [0.25, 0.3) is 5.91 Å². The Morgan fingerprint density at radius 2 is 2.43 bits per heavy atom. The molecule has 1 saturated heterocycles. The number of aryl methyl sites for hydroxylation is 1. The largest absolute Gasteiger partial charge is 0.472 e. The van der Waals surface area contributed by atoms with Gasteiger partial charge in [0, 0.05) is 19.2 Å². The van der Waals surface area contributed by atoms with Crippen LogP contribution >= 0.6 is 27.5 Å². The van der Waals surface area contributed by atoms with E-state index in [0.717, 1.165) is 29.4 Å². The molecule has 0 saturated carbocycles. The van der Waals surface area contributed by atoms with Crippen molar-refractivity contribution in [2.24, 2.45) is 0 Å². The first kappa shape index (κ1) is 16.3. The van der Waals surface area contributed by atoms with Crippen LogP contribution in [-0.2, 0) is 6.42 Å². The van der Waals surface area contributed by atoms with Gasteiger partial charge >= 0.3 is 0 Å². The zero-order valence-electron chi connectivity index (χ0n) is 12.7. The van der Waals surface area contributed by atoms with Crippen molar-refractivity contribution in [3.63, 3.8) is 0 Å². The van der Waals surface area contributed by atoms with Gasteiger partial charge in [-0.1, -0.05) is 17.8 Å². The highest BCUT2D eigenvalue weighted by Gasteiger charge is 2.31. The fourth-order valence-electron chi connectivity index (χ4n) is 2.54. The highest BCUT2D eigenvalue weighted by atomic mass is 79.9. The van der Waals surface area contributed by atoms with E-state index in [4.69, 9.17) is 4.74 Å². The standard InChI is InChI=1S/C15H17BrN4O2S/c1-2-4-12-13(23-19-18-12)15(21)20-8-6-10(9-20)22-14-11(16)5-3-7-17-14/h3,5,7,10H,2,4,6,8-9H2,1H3. The molecule has 3 rings (SSSR count). The second-order valence-corrected chi connectivity index (χ2v) is 6.98. The van der Waals surface area contributed by atoms with Crippen molar-refractivity contribution in [2.45, 2.75) is 32.3 Å². The molecule has 1 atom stereocenters. The van der Waals surface area contributed by atoms with E-state index in [1.807, 2.05) is 17.0 Å². The molecule has 2 aromatic rings. The van der Waals surface area contributed by atoms with Crippen LogP contribution in [0, 0.1) is 0 Å². The highest BCUT2D eigenvalue weighted by molar-refractivity contribution is 9.10. The van der Waals surface area contributed by atoms with Crippen molar-refractivity contribution >= 4 is 33.4 Å². The van der Waals surface area contributed by atoms with Gasteiger partial charge in [-0.2, -0.15) is 0 Å². The first-order chi connectivity index (χ1) is 11.2. The van der Waals surface area contributed by atoms with Gasteiger partial charge in [-0.3, -0.25) is 4.79 Å². The summed E-state index contributed by atoms with van der Waals surface area (Å²) in [4.78, 5) is 19.3. The van der Waals surface area contributed by atoms with E-state index in [1.165, 1.54) is 11.5 Å². The molecule has 0 aliphatic carbocycles. The summed E-state index contributed by atoms with van der Waals surface area (Å²) >= 11 is 4.60. The molecule has 1 aliphatic rings. The molecule has 1 amide bonds. The minimum atomic E-state index is -0.0411. The molecule has 23 heavy (non-hydrogen) atoms. The van der Waals surface area contributed by atoms with Gasteiger partial charge in [-0.05, 0) is 46.0 Å². The minimum Gasteiger partial charge on any atom is -0.472 e. The third kappa shape index (κ3) is 3.69. The molecule has 0 radical (unpaired) electrons. The molecule has 1 aliphatic heterocycles. The summed E-state index contributed by atoms with van der Waals surface area (Å²) in [5, 5.41) is 4.07. The summed E-state index contributed by atoms with van der Waals surface area (Å²) < 4.78 is 10.7. The molecule has 0 N–H and O–H groups in total. The summed E-state index contributed by atoms with van der Waals surface area (Å²) in [5.74, 6) is 0.576. The van der Waals surface area contributed by atoms with Crippen molar-refractivity contribution in [3.05, 3.63) is 33.4 Å². The third-order valence-corrected chi connectivity index (χ3v) is 5.03. The average Bonchev–Trinajstić information content (AvgIpc) is 3.19. The summed E-state index contributed by atoms with van der Waals surface area (Å²) in [7, 11) is 0. The van der Waals surface area contributed by atoms with Crippen LogP contribution in [0.25, 0.3) is 0 Å². The molecule has 0 aromatic carbocycles. The number of aromatic nitrogens is 3. The van der Waals surface area contributed by atoms with Crippen molar-refractivity contribution in [2.75, 3.05) is 13.1 Å². The van der Waals surface area contributed by atoms with E-state index >= 15 is 0 Å². The lowest BCUT2D eigenvalue weighted by Crippen LogP contribution is -2.31. The Balaban J connectivity index is 1.64. The van der Waals surface area contributed by atoms with Crippen LogP contribution in [0.3, 0.4) is 0 Å². The maximum atomic E-state index is 12.6. The van der Waals surface area contributed by atoms with Gasteiger partial charge in [-0.15, -0.1) is 5.10 Å². The van der Waals surface area contributed by atoms with Crippen molar-refractivity contribution in [3.8, 4) is 5.88 Å². The lowest BCUT2D eigenvalue weighted by Gasteiger charge is -2.16. The van der Waals surface area contributed by atoms with Crippen molar-refractivity contribution in [1.82, 2.24) is 19.5 Å². The summed E-state index contributed by atoms with van der Waals surface area (Å²) in [6.45, 7) is 3.31. The molecule has 3 heterocycles. The fraction of sp³-hybridized carbons (Fsp3) is 0.467. The van der Waals surface area contributed by atoms with Crippen LogP contribution in [0.1, 0.15) is 35.1 Å². The van der Waals surface area contributed by atoms with E-state index < -0.39 is 0 Å². The van der Waals surface area contributed by atoms with Gasteiger partial charge in [0.1, 0.15) is 11.0 Å². The lowest BCUT2D eigenvalue weighted by molar-refractivity contribution is 0.0774. The number of rotatable bonds is 5. The van der Waals surface area contributed by atoms with Crippen LogP contribution in [0.4, 0.5) is 0 Å². The maximum absolute atomic E-state index is 12.6. The number of halogens is 1. The van der Waals surface area contributed by atoms with Crippen molar-refractivity contribution in [1.29, 1.82) is 0 Å². The minimum absolute atomic E-state index is 0.00892. The normalized spacial score (nSPS) is 17.5. The Morgan fingerprint density at radius 1 is 1.57 bits per heavy atom. The summed E-state index contributed by atoms with van der Waals surface area (Å²) in [6.07, 6.45) is 4.18. The number of pyridine rings is 1. The SMILES string of the molecule is CCCc1nnsc1C(=O)N1CCC(Oc2ncccc2Br)C1. The first-order valence-corrected chi connectivity index (χ1v) is 9.13. The molecular weight excluding hydrogens is 380 g/mol. The molecular formula is C15H17BrN4O2S. The van der Waals surface area contributed by atoms with Gasteiger partial charge in [0.05, 0.1) is 16.7 Å². The van der Waals surface area contributed by atoms with Crippen LogP contribution in [0.15, 0.2) is 22.8 Å². The van der Waals surface area contributed by atoms with Crippen molar-refractivity contribution < 1.29 is 9.53 Å². The number of likely N-dealkylation sites (tertiary alicyclic amines) is 1. The highest BCUT2D eigenvalue weighted by Crippen LogP contribution is 2.25. The molecule has 0 spiro atoms. The lowest BCUT2D eigenvalue weighted by atomic mass is 10.2. The van der Waals surface area contributed by atoms with E-state index in [1.54, 1.807) is 6.20 Å². The van der Waals surface area contributed by atoms with Gasteiger partial charge < -0.3 is 9.64 Å². The Bertz CT molecular complexity index is 694. The average molecular weight is 397 g/mol. The van der Waals surface area contributed by atoms with E-state index in [9.17, 15) is 4.79 Å². The maximum Gasteiger partial charge on any atom is 0.267 e. The number of hydrogen-bond donors (Lipinski definition) is 0. The summed E-state index contributed by atoms with van der Waals surface area (Å²) in [5.41, 5.74) is 0.805. The number of hydrogen-bond acceptors (Lipinski definition) is 6. The van der Waals surface area contributed by atoms with Gasteiger partial charge in [0.15, 0.2) is 0 Å². The molecule has 1 fully saturated rings. The molecule has 6 nitrogen and oxygen atoms in total. The second kappa shape index (κ2) is 7.35. The number of carbonyl (C=O) groups excluding carboxylic acids is 1. The van der Waals surface area contributed by atoms with Gasteiger partial charge in [-0.25, -0.2) is 4.98 Å². The Labute approximate surface area is 147 Å². The molecule has 122 valence electrons. The zero-order chi connectivity index (χ0) is 16.2. The number of carbonyl (C=O) groups is 1. The Kier molecular flexibility index (Phi) is 5.22. The smallest absolute Gasteiger partial charge is 0.267 e. The number of ether oxygens (including phenoxy) is 1. The molecule has 2 aromatic heterocycles. The number of nitrogens with zero attached hydrogens (tertiary/aromatic N) is 4. The molecule has 8 heteroatoms. The second-order valence-electron chi connectivity index (χ2n) is 5.37. The monoisotopic (exact) mass is 396 g/mol. The first-order valence-electron chi connectivity index (χ1n) is 7.56. The summed E-state index contributed by atoms with van der Waals surface area (Å²) in [6, 6.07) is 3.73. The quantitative estimate of drug-likeness (QED) is 0.776. The Morgan fingerprint density at radius 3 is 3.22 bits per heavy atom. The van der Waals surface area contributed by atoms with E-state index in [0.29, 0.717) is 23.8 Å². The van der Waals surface area contributed by atoms with E-state index in [-0.39, 0.29) is 12.0 Å². The topological polar surface area (TPSA) is 68.2 Å². The third-order valence-electron chi connectivity index (χ3n) is 3.67. The van der Waals surface area contributed by atoms with Crippen LogP contribution in [0.5, 0.6) is 5.88 Å².